The molecule has 3 aromatic carbocycles. The Hall–Kier alpha value is -4.04. The Kier molecular flexibility index (Phi) is 7.70. The van der Waals surface area contributed by atoms with E-state index in [0.29, 0.717) is 29.3 Å². The minimum atomic E-state index is -0.599. The number of aryl methyl sites for hydroxylation is 1. The summed E-state index contributed by atoms with van der Waals surface area (Å²) in [5.74, 6) is 0.603. The Balaban J connectivity index is 1.08. The normalized spacial score (nSPS) is 19.6. The van der Waals surface area contributed by atoms with Gasteiger partial charge in [0.25, 0.3) is 5.91 Å². The molecule has 0 spiro atoms. The molecule has 0 bridgehead atoms. The van der Waals surface area contributed by atoms with Gasteiger partial charge in [-0.2, -0.15) is 0 Å². The Labute approximate surface area is 251 Å². The second-order valence-corrected chi connectivity index (χ2v) is 12.1. The molecule has 1 aromatic heterocycles. The van der Waals surface area contributed by atoms with Gasteiger partial charge in [0.2, 0.25) is 0 Å². The van der Waals surface area contributed by atoms with Gasteiger partial charge in [-0.25, -0.2) is 13.8 Å². The van der Waals surface area contributed by atoms with Gasteiger partial charge in [0, 0.05) is 55.7 Å². The monoisotopic (exact) mass is 581 g/mol. The number of likely N-dealkylation sites (tertiary alicyclic amines) is 1. The molecule has 1 aliphatic carbocycles. The number of nitrogens with zero attached hydrogens (tertiary/aromatic N) is 5. The summed E-state index contributed by atoms with van der Waals surface area (Å²) >= 11 is 0. The Morgan fingerprint density at radius 3 is 2.40 bits per heavy atom. The summed E-state index contributed by atoms with van der Waals surface area (Å²) in [7, 11) is 0. The highest BCUT2D eigenvalue weighted by atomic mass is 19.1. The zero-order valence-electron chi connectivity index (χ0n) is 24.3. The predicted octanol–water partition coefficient (Wildman–Crippen LogP) is 6.75. The van der Waals surface area contributed by atoms with Crippen molar-refractivity contribution in [1.29, 1.82) is 0 Å². The van der Waals surface area contributed by atoms with E-state index in [9.17, 15) is 9.18 Å². The van der Waals surface area contributed by atoms with Gasteiger partial charge in [-0.05, 0) is 68.8 Å². The number of rotatable bonds is 9. The maximum Gasteiger partial charge on any atom is 0.258 e. The SMILES string of the molecule is O=C1c2ccc(F)cc2N(CC2CC2)C(c2ccccc2F)N1C1CCN(CCCn2ccnc2-c2ccccc2)CC1. The van der Waals surface area contributed by atoms with E-state index in [1.54, 1.807) is 18.2 Å². The van der Waals surface area contributed by atoms with Crippen molar-refractivity contribution < 1.29 is 13.6 Å². The average molecular weight is 582 g/mol. The number of carbonyl (C=O) groups is 1. The fourth-order valence-electron chi connectivity index (χ4n) is 6.82. The van der Waals surface area contributed by atoms with E-state index in [2.05, 4.69) is 31.5 Å². The maximum absolute atomic E-state index is 15.4. The summed E-state index contributed by atoms with van der Waals surface area (Å²) in [6, 6.07) is 21.4. The first-order valence-corrected chi connectivity index (χ1v) is 15.5. The third kappa shape index (κ3) is 5.68. The smallest absolute Gasteiger partial charge is 0.258 e. The van der Waals surface area contributed by atoms with Crippen molar-refractivity contribution in [3.05, 3.63) is 108 Å². The molecule has 1 amide bonds. The van der Waals surface area contributed by atoms with Crippen LogP contribution in [0.5, 0.6) is 0 Å². The topological polar surface area (TPSA) is 44.6 Å². The lowest BCUT2D eigenvalue weighted by Gasteiger charge is -2.50. The van der Waals surface area contributed by atoms with Crippen molar-refractivity contribution in [1.82, 2.24) is 19.4 Å². The largest absolute Gasteiger partial charge is 0.346 e. The number of fused-ring (bicyclic) bond motifs is 1. The number of hydrogen-bond acceptors (Lipinski definition) is 4. The minimum Gasteiger partial charge on any atom is -0.346 e. The van der Waals surface area contributed by atoms with Crippen molar-refractivity contribution >= 4 is 11.6 Å². The molecule has 43 heavy (non-hydrogen) atoms. The lowest BCUT2D eigenvalue weighted by molar-refractivity contribution is 0.0388. The first-order chi connectivity index (χ1) is 21.1. The van der Waals surface area contributed by atoms with Crippen LogP contribution in [0.25, 0.3) is 11.4 Å². The Morgan fingerprint density at radius 2 is 1.63 bits per heavy atom. The number of halogens is 2. The van der Waals surface area contributed by atoms with E-state index in [0.717, 1.165) is 69.7 Å². The van der Waals surface area contributed by atoms with E-state index in [1.807, 2.05) is 41.6 Å². The van der Waals surface area contributed by atoms with Gasteiger partial charge in [-0.1, -0.05) is 48.5 Å². The molecule has 3 heterocycles. The molecule has 8 heteroatoms. The van der Waals surface area contributed by atoms with Gasteiger partial charge in [-0.3, -0.25) is 4.79 Å². The first-order valence-electron chi connectivity index (χ1n) is 15.5. The highest BCUT2D eigenvalue weighted by molar-refractivity contribution is 6.02. The average Bonchev–Trinajstić information content (AvgIpc) is 3.73. The zero-order chi connectivity index (χ0) is 29.3. The zero-order valence-corrected chi connectivity index (χ0v) is 24.3. The number of benzene rings is 3. The van der Waals surface area contributed by atoms with Crippen LogP contribution in [0, 0.1) is 17.6 Å². The second-order valence-electron chi connectivity index (χ2n) is 12.1. The van der Waals surface area contributed by atoms with Gasteiger partial charge >= 0.3 is 0 Å². The van der Waals surface area contributed by atoms with Gasteiger partial charge in [0.1, 0.15) is 23.6 Å². The van der Waals surface area contributed by atoms with Crippen LogP contribution >= 0.6 is 0 Å². The molecule has 3 aliphatic rings. The highest BCUT2D eigenvalue weighted by Gasteiger charge is 2.45. The molecule has 2 fully saturated rings. The van der Waals surface area contributed by atoms with E-state index < -0.39 is 6.17 Å². The van der Waals surface area contributed by atoms with Crippen LogP contribution in [0.4, 0.5) is 14.5 Å². The molecular formula is C35H37F2N5O. The molecule has 2 aliphatic heterocycles. The predicted molar refractivity (Wildman–Crippen MR) is 164 cm³/mol. The molecule has 1 unspecified atom stereocenters. The molecule has 4 aromatic rings. The maximum atomic E-state index is 15.4. The molecule has 1 atom stereocenters. The second kappa shape index (κ2) is 11.9. The standard InChI is InChI=1S/C35H37F2N5O/c36-27-13-14-30-32(23-27)41(24-25-11-12-25)34(29-9-4-5-10-31(29)37)42(35(30)43)28-15-20-39(21-16-28)18-6-19-40-22-17-38-33(40)26-7-2-1-3-8-26/h1-5,7-10,13-14,17,22-23,25,28,34H,6,11-12,15-16,18-21,24H2. The minimum absolute atomic E-state index is 0.0356. The van der Waals surface area contributed by atoms with Crippen LogP contribution in [0.2, 0.25) is 0 Å². The van der Waals surface area contributed by atoms with Crippen molar-refractivity contribution in [3.8, 4) is 11.4 Å². The lowest BCUT2D eigenvalue weighted by atomic mass is 9.94. The van der Waals surface area contributed by atoms with Crippen molar-refractivity contribution in [3.63, 3.8) is 0 Å². The van der Waals surface area contributed by atoms with Crippen molar-refractivity contribution in [2.75, 3.05) is 31.1 Å². The molecule has 1 saturated carbocycles. The molecular weight excluding hydrogens is 544 g/mol. The fraction of sp³-hybridized carbons (Fsp3) is 0.371. The van der Waals surface area contributed by atoms with Crippen LogP contribution in [0.1, 0.15) is 54.2 Å². The first kappa shape index (κ1) is 27.8. The van der Waals surface area contributed by atoms with Gasteiger partial charge < -0.3 is 19.3 Å². The Morgan fingerprint density at radius 1 is 0.860 bits per heavy atom. The van der Waals surface area contributed by atoms with Crippen LogP contribution in [-0.2, 0) is 6.54 Å². The number of piperidine rings is 1. The van der Waals surface area contributed by atoms with Crippen LogP contribution < -0.4 is 4.90 Å². The highest BCUT2D eigenvalue weighted by Crippen LogP contribution is 2.45. The molecule has 6 nitrogen and oxygen atoms in total. The summed E-state index contributed by atoms with van der Waals surface area (Å²) in [6.45, 7) is 4.25. The third-order valence-corrected chi connectivity index (χ3v) is 9.20. The lowest BCUT2D eigenvalue weighted by Crippen LogP contribution is -2.56. The summed E-state index contributed by atoms with van der Waals surface area (Å²) < 4.78 is 32.2. The Bertz CT molecular complexity index is 1580. The molecule has 0 N–H and O–H groups in total. The van der Waals surface area contributed by atoms with Crippen LogP contribution in [-0.4, -0.2) is 57.5 Å². The fourth-order valence-corrected chi connectivity index (χ4v) is 6.82. The van der Waals surface area contributed by atoms with Crippen LogP contribution in [0.3, 0.4) is 0 Å². The van der Waals surface area contributed by atoms with Crippen LogP contribution in [0.15, 0.2) is 85.2 Å². The van der Waals surface area contributed by atoms with Gasteiger partial charge in [-0.15, -0.1) is 0 Å². The molecule has 1 saturated heterocycles. The van der Waals surface area contributed by atoms with Crippen molar-refractivity contribution in [2.45, 2.75) is 50.9 Å². The van der Waals surface area contributed by atoms with E-state index in [1.165, 1.54) is 18.2 Å². The van der Waals surface area contributed by atoms with E-state index in [4.69, 9.17) is 0 Å². The molecule has 0 radical (unpaired) electrons. The summed E-state index contributed by atoms with van der Waals surface area (Å²) in [5, 5.41) is 0. The van der Waals surface area contributed by atoms with E-state index >= 15 is 4.39 Å². The number of anilines is 1. The quantitative estimate of drug-likeness (QED) is 0.219. The van der Waals surface area contributed by atoms with E-state index in [-0.39, 0.29) is 23.6 Å². The molecule has 7 rings (SSSR count). The number of aromatic nitrogens is 2. The number of amides is 1. The summed E-state index contributed by atoms with van der Waals surface area (Å²) in [4.78, 5) is 25.2. The molecule has 222 valence electrons. The number of hydrogen-bond donors (Lipinski definition) is 0. The summed E-state index contributed by atoms with van der Waals surface area (Å²) in [6.07, 6.45) is 8.11. The van der Waals surface area contributed by atoms with Gasteiger partial charge in [0.15, 0.2) is 0 Å². The van der Waals surface area contributed by atoms with Gasteiger partial charge in [0.05, 0.1) is 11.3 Å². The third-order valence-electron chi connectivity index (χ3n) is 9.20. The summed E-state index contributed by atoms with van der Waals surface area (Å²) in [5.41, 5.74) is 2.67. The number of imidazole rings is 1. The van der Waals surface area contributed by atoms with Crippen molar-refractivity contribution in [2.24, 2.45) is 5.92 Å². The number of carbonyl (C=O) groups excluding carboxylic acids is 1.